The molecule has 1 amide bonds. The van der Waals surface area contributed by atoms with E-state index in [1.54, 1.807) is 12.1 Å². The highest BCUT2D eigenvalue weighted by Crippen LogP contribution is 2.19. The standard InChI is InChI=1S/C12H14BrClFNO/c1-7(14)6-8(2)16-12(17)11-9(13)4-3-5-10(11)15/h3-5,7-8H,6H2,1-2H3,(H,16,17). The van der Waals surface area contributed by atoms with Crippen molar-refractivity contribution >= 4 is 33.4 Å². The third-order valence-corrected chi connectivity index (χ3v) is 3.08. The Bertz CT molecular complexity index is 391. The van der Waals surface area contributed by atoms with Crippen molar-refractivity contribution in [3.63, 3.8) is 0 Å². The molecule has 0 radical (unpaired) electrons. The molecule has 1 N–H and O–H groups in total. The summed E-state index contributed by atoms with van der Waals surface area (Å²) in [6, 6.07) is 4.34. The summed E-state index contributed by atoms with van der Waals surface area (Å²) in [6.07, 6.45) is 0.638. The molecule has 0 saturated carbocycles. The second-order valence-electron chi connectivity index (χ2n) is 3.99. The summed E-state index contributed by atoms with van der Waals surface area (Å²) < 4.78 is 13.9. The molecule has 0 aliphatic rings. The van der Waals surface area contributed by atoms with Crippen molar-refractivity contribution in [3.05, 3.63) is 34.1 Å². The summed E-state index contributed by atoms with van der Waals surface area (Å²) in [5.41, 5.74) is 0.0292. The van der Waals surface area contributed by atoms with Crippen molar-refractivity contribution in [3.8, 4) is 0 Å². The minimum Gasteiger partial charge on any atom is -0.349 e. The van der Waals surface area contributed by atoms with Gasteiger partial charge in [-0.25, -0.2) is 4.39 Å². The van der Waals surface area contributed by atoms with Gasteiger partial charge >= 0.3 is 0 Å². The lowest BCUT2D eigenvalue weighted by atomic mass is 10.1. The number of alkyl halides is 1. The fourth-order valence-corrected chi connectivity index (χ4v) is 2.35. The maximum Gasteiger partial charge on any atom is 0.255 e. The van der Waals surface area contributed by atoms with Gasteiger partial charge in [0.25, 0.3) is 5.91 Å². The average molecular weight is 323 g/mol. The lowest BCUT2D eigenvalue weighted by Crippen LogP contribution is -2.34. The normalized spacial score (nSPS) is 14.2. The van der Waals surface area contributed by atoms with Crippen LogP contribution in [0.25, 0.3) is 0 Å². The number of hydrogen-bond donors (Lipinski definition) is 1. The second kappa shape index (κ2) is 6.36. The predicted molar refractivity (Wildman–Crippen MR) is 71.0 cm³/mol. The zero-order valence-electron chi connectivity index (χ0n) is 9.64. The van der Waals surface area contributed by atoms with Crippen molar-refractivity contribution in [1.29, 1.82) is 0 Å². The minimum atomic E-state index is -0.539. The molecule has 0 aliphatic heterocycles. The monoisotopic (exact) mass is 321 g/mol. The first-order chi connectivity index (χ1) is 7.91. The molecular formula is C12H14BrClFNO. The molecule has 0 aromatic heterocycles. The Morgan fingerprint density at radius 2 is 2.18 bits per heavy atom. The van der Waals surface area contributed by atoms with Crippen molar-refractivity contribution in [2.24, 2.45) is 0 Å². The van der Waals surface area contributed by atoms with Gasteiger partial charge in [-0.15, -0.1) is 11.6 Å². The average Bonchev–Trinajstić information content (AvgIpc) is 2.15. The van der Waals surface area contributed by atoms with Crippen LogP contribution in [0.5, 0.6) is 0 Å². The van der Waals surface area contributed by atoms with Gasteiger partial charge in [0.05, 0.1) is 5.56 Å². The highest BCUT2D eigenvalue weighted by atomic mass is 79.9. The Morgan fingerprint density at radius 1 is 1.53 bits per heavy atom. The van der Waals surface area contributed by atoms with E-state index in [2.05, 4.69) is 21.2 Å². The number of halogens is 3. The van der Waals surface area contributed by atoms with Crippen LogP contribution in [0.15, 0.2) is 22.7 Å². The Hall–Kier alpha value is -0.610. The predicted octanol–water partition coefficient (Wildman–Crippen LogP) is 3.72. The molecule has 0 bridgehead atoms. The number of carbonyl (C=O) groups is 1. The highest BCUT2D eigenvalue weighted by molar-refractivity contribution is 9.10. The molecule has 2 atom stereocenters. The smallest absolute Gasteiger partial charge is 0.255 e. The largest absolute Gasteiger partial charge is 0.349 e. The Morgan fingerprint density at radius 3 is 2.71 bits per heavy atom. The van der Waals surface area contributed by atoms with E-state index in [0.29, 0.717) is 10.9 Å². The minimum absolute atomic E-state index is 0.0292. The van der Waals surface area contributed by atoms with Gasteiger partial charge < -0.3 is 5.32 Å². The summed E-state index contributed by atoms with van der Waals surface area (Å²) in [6.45, 7) is 3.69. The molecule has 1 aromatic rings. The van der Waals surface area contributed by atoms with Gasteiger partial charge in [0.1, 0.15) is 5.82 Å². The van der Waals surface area contributed by atoms with E-state index < -0.39 is 11.7 Å². The number of benzene rings is 1. The van der Waals surface area contributed by atoms with E-state index in [1.807, 2.05) is 13.8 Å². The molecule has 94 valence electrons. The van der Waals surface area contributed by atoms with Gasteiger partial charge in [-0.1, -0.05) is 6.07 Å². The summed E-state index contributed by atoms with van der Waals surface area (Å²) in [4.78, 5) is 11.9. The summed E-state index contributed by atoms with van der Waals surface area (Å²) >= 11 is 8.99. The summed E-state index contributed by atoms with van der Waals surface area (Å²) in [7, 11) is 0. The molecule has 1 rings (SSSR count). The molecule has 2 nitrogen and oxygen atoms in total. The van der Waals surface area contributed by atoms with Crippen LogP contribution in [0.3, 0.4) is 0 Å². The number of rotatable bonds is 4. The molecule has 0 heterocycles. The van der Waals surface area contributed by atoms with Crippen LogP contribution >= 0.6 is 27.5 Å². The van der Waals surface area contributed by atoms with E-state index in [9.17, 15) is 9.18 Å². The first-order valence-electron chi connectivity index (χ1n) is 5.30. The van der Waals surface area contributed by atoms with E-state index in [4.69, 9.17) is 11.6 Å². The number of amides is 1. The topological polar surface area (TPSA) is 29.1 Å². The van der Waals surface area contributed by atoms with Crippen molar-refractivity contribution in [1.82, 2.24) is 5.32 Å². The SMILES string of the molecule is CC(Cl)CC(C)NC(=O)c1c(F)cccc1Br. The van der Waals surface area contributed by atoms with Gasteiger partial charge in [0, 0.05) is 15.9 Å². The summed E-state index contributed by atoms with van der Waals surface area (Å²) in [5, 5.41) is 2.68. The van der Waals surface area contributed by atoms with Crippen molar-refractivity contribution in [2.75, 3.05) is 0 Å². The molecule has 0 spiro atoms. The zero-order chi connectivity index (χ0) is 13.0. The summed E-state index contributed by atoms with van der Waals surface area (Å²) in [5.74, 6) is -0.970. The Labute approximate surface area is 114 Å². The van der Waals surface area contributed by atoms with Gasteiger partial charge in [-0.3, -0.25) is 4.79 Å². The van der Waals surface area contributed by atoms with Gasteiger partial charge in [-0.05, 0) is 48.3 Å². The second-order valence-corrected chi connectivity index (χ2v) is 5.59. The van der Waals surface area contributed by atoms with Crippen LogP contribution in [-0.2, 0) is 0 Å². The molecular weight excluding hydrogens is 308 g/mol. The molecule has 1 aromatic carbocycles. The molecule has 0 fully saturated rings. The lowest BCUT2D eigenvalue weighted by Gasteiger charge is -2.15. The zero-order valence-corrected chi connectivity index (χ0v) is 12.0. The van der Waals surface area contributed by atoms with Crippen LogP contribution < -0.4 is 5.32 Å². The maximum absolute atomic E-state index is 13.5. The molecule has 0 aliphatic carbocycles. The highest BCUT2D eigenvalue weighted by Gasteiger charge is 2.17. The molecule has 17 heavy (non-hydrogen) atoms. The van der Waals surface area contributed by atoms with Gasteiger partial charge in [-0.2, -0.15) is 0 Å². The Kier molecular flexibility index (Phi) is 5.40. The first kappa shape index (κ1) is 14.5. The van der Waals surface area contributed by atoms with E-state index >= 15 is 0 Å². The van der Waals surface area contributed by atoms with Crippen LogP contribution in [-0.4, -0.2) is 17.3 Å². The van der Waals surface area contributed by atoms with E-state index in [1.165, 1.54) is 6.07 Å². The van der Waals surface area contributed by atoms with Gasteiger partial charge in [0.15, 0.2) is 0 Å². The quantitative estimate of drug-likeness (QED) is 0.841. The molecule has 5 heteroatoms. The lowest BCUT2D eigenvalue weighted by molar-refractivity contribution is 0.0933. The Balaban J connectivity index is 2.77. The fraction of sp³-hybridized carbons (Fsp3) is 0.417. The third kappa shape index (κ3) is 4.28. The fourth-order valence-electron chi connectivity index (χ4n) is 1.56. The van der Waals surface area contributed by atoms with Crippen LogP contribution in [0.1, 0.15) is 30.6 Å². The molecule has 2 unspecified atom stereocenters. The van der Waals surface area contributed by atoms with E-state index in [0.717, 1.165) is 0 Å². The number of nitrogens with one attached hydrogen (secondary N) is 1. The van der Waals surface area contributed by atoms with Crippen LogP contribution in [0.4, 0.5) is 4.39 Å². The van der Waals surface area contributed by atoms with Crippen LogP contribution in [0.2, 0.25) is 0 Å². The molecule has 0 saturated heterocycles. The maximum atomic E-state index is 13.5. The van der Waals surface area contributed by atoms with E-state index in [-0.39, 0.29) is 17.0 Å². The van der Waals surface area contributed by atoms with Crippen molar-refractivity contribution in [2.45, 2.75) is 31.7 Å². The number of hydrogen-bond acceptors (Lipinski definition) is 1. The van der Waals surface area contributed by atoms with Crippen molar-refractivity contribution < 1.29 is 9.18 Å². The van der Waals surface area contributed by atoms with Crippen LogP contribution in [0, 0.1) is 5.82 Å². The third-order valence-electron chi connectivity index (χ3n) is 2.25. The first-order valence-corrected chi connectivity index (χ1v) is 6.53. The number of carbonyl (C=O) groups excluding carboxylic acids is 1. The van der Waals surface area contributed by atoms with Gasteiger partial charge in [0.2, 0.25) is 0 Å².